The quantitative estimate of drug-likeness (QED) is 0.290. The molecule has 0 aliphatic heterocycles. The lowest BCUT2D eigenvalue weighted by Crippen LogP contribution is -2.26. The predicted octanol–water partition coefficient (Wildman–Crippen LogP) is 1.47. The summed E-state index contributed by atoms with van der Waals surface area (Å²) in [6.07, 6.45) is 1.03. The summed E-state index contributed by atoms with van der Waals surface area (Å²) in [7, 11) is 0. The molecule has 0 aliphatic carbocycles. The first kappa shape index (κ1) is 12.6. The molecular weight excluding hydrogens is 182 g/mol. The van der Waals surface area contributed by atoms with Crippen molar-refractivity contribution in [1.29, 1.82) is 0 Å². The molecule has 0 heterocycles. The third-order valence-corrected chi connectivity index (χ3v) is 1.69. The molecule has 0 radical (unpaired) electrons. The van der Waals surface area contributed by atoms with Crippen molar-refractivity contribution in [2.24, 2.45) is 10.9 Å². The Morgan fingerprint density at radius 1 is 1.57 bits per heavy atom. The van der Waals surface area contributed by atoms with Gasteiger partial charge in [-0.1, -0.05) is 20.4 Å². The lowest BCUT2D eigenvalue weighted by Gasteiger charge is -2.18. The average Bonchev–Trinajstić information content (AvgIpc) is 2.10. The first-order valence-corrected chi connectivity index (χ1v) is 4.39. The van der Waals surface area contributed by atoms with Gasteiger partial charge in [-0.2, -0.15) is 0 Å². The molecule has 0 aromatic rings. The van der Waals surface area contributed by atoms with Crippen molar-refractivity contribution in [3.05, 3.63) is 12.2 Å². The van der Waals surface area contributed by atoms with Crippen LogP contribution in [0.2, 0.25) is 0 Å². The molecule has 0 aromatic carbocycles. The van der Waals surface area contributed by atoms with E-state index in [1.54, 1.807) is 6.92 Å². The number of rotatable bonds is 5. The van der Waals surface area contributed by atoms with Crippen molar-refractivity contribution < 1.29 is 14.3 Å². The predicted molar refractivity (Wildman–Crippen MR) is 52.5 cm³/mol. The van der Waals surface area contributed by atoms with Crippen molar-refractivity contribution in [3.63, 3.8) is 0 Å². The molecule has 0 N–H and O–H groups in total. The maximum Gasteiger partial charge on any atom is 0.333 e. The summed E-state index contributed by atoms with van der Waals surface area (Å²) >= 11 is 0. The molecular formula is C10H15NO3. The molecule has 14 heavy (non-hydrogen) atoms. The number of nitrogens with zero attached hydrogens (tertiary/aromatic N) is 1. The number of hydrogen-bond donors (Lipinski definition) is 0. The Morgan fingerprint density at radius 2 is 2.14 bits per heavy atom. The van der Waals surface area contributed by atoms with Crippen LogP contribution in [0.15, 0.2) is 17.1 Å². The maximum atomic E-state index is 11.2. The Morgan fingerprint density at radius 3 is 2.50 bits per heavy atom. The largest absolute Gasteiger partial charge is 0.457 e. The van der Waals surface area contributed by atoms with Crippen molar-refractivity contribution in [1.82, 2.24) is 0 Å². The third kappa shape index (κ3) is 4.58. The van der Waals surface area contributed by atoms with Crippen LogP contribution in [0.5, 0.6) is 0 Å². The van der Waals surface area contributed by atoms with Crippen LogP contribution in [0.3, 0.4) is 0 Å². The van der Waals surface area contributed by atoms with Crippen LogP contribution in [0.25, 0.3) is 0 Å². The van der Waals surface area contributed by atoms with Crippen molar-refractivity contribution in [2.75, 3.05) is 6.54 Å². The molecule has 0 amide bonds. The standard InChI is InChI=1S/C10H15NO3/c1-7(2)9(5-11-6-12)14-10(13)8(3)4/h7,9H,3,5H2,1-2,4H3. The number of hydrogen-bond acceptors (Lipinski definition) is 4. The fourth-order valence-corrected chi connectivity index (χ4v) is 0.749. The van der Waals surface area contributed by atoms with E-state index in [1.807, 2.05) is 13.8 Å². The summed E-state index contributed by atoms with van der Waals surface area (Å²) in [5.74, 6) is -0.347. The molecule has 0 bridgehead atoms. The van der Waals surface area contributed by atoms with Gasteiger partial charge in [0.05, 0.1) is 6.54 Å². The van der Waals surface area contributed by atoms with Gasteiger partial charge in [-0.05, 0) is 12.8 Å². The van der Waals surface area contributed by atoms with E-state index in [1.165, 1.54) is 6.08 Å². The minimum Gasteiger partial charge on any atom is -0.457 e. The van der Waals surface area contributed by atoms with Gasteiger partial charge in [0.15, 0.2) is 0 Å². The molecule has 0 saturated heterocycles. The monoisotopic (exact) mass is 197 g/mol. The highest BCUT2D eigenvalue weighted by Gasteiger charge is 2.18. The van der Waals surface area contributed by atoms with Gasteiger partial charge in [0.25, 0.3) is 0 Å². The molecule has 0 aliphatic rings. The van der Waals surface area contributed by atoms with E-state index in [2.05, 4.69) is 11.6 Å². The van der Waals surface area contributed by atoms with Crippen LogP contribution in [0, 0.1) is 5.92 Å². The van der Waals surface area contributed by atoms with Crippen LogP contribution >= 0.6 is 0 Å². The Bertz CT molecular complexity index is 265. The second kappa shape index (κ2) is 6.11. The summed E-state index contributed by atoms with van der Waals surface area (Å²) < 4.78 is 5.06. The zero-order valence-corrected chi connectivity index (χ0v) is 8.74. The number of carbonyl (C=O) groups is 1. The number of carbonyl (C=O) groups excluding carboxylic acids is 2. The Hall–Kier alpha value is -1.41. The average molecular weight is 197 g/mol. The normalized spacial score (nSPS) is 11.7. The van der Waals surface area contributed by atoms with Gasteiger partial charge in [0, 0.05) is 5.57 Å². The highest BCUT2D eigenvalue weighted by Crippen LogP contribution is 2.09. The Labute approximate surface area is 83.7 Å². The molecule has 4 heteroatoms. The second-order valence-corrected chi connectivity index (χ2v) is 3.40. The number of esters is 1. The molecule has 1 atom stereocenters. The van der Waals surface area contributed by atoms with Crippen LogP contribution in [0.1, 0.15) is 20.8 Å². The molecule has 1 unspecified atom stereocenters. The number of ether oxygens (including phenoxy) is 1. The first-order valence-electron chi connectivity index (χ1n) is 4.39. The molecule has 0 fully saturated rings. The smallest absolute Gasteiger partial charge is 0.333 e. The number of aliphatic imine (C=N–C) groups is 1. The summed E-state index contributed by atoms with van der Waals surface area (Å²) in [5, 5.41) is 0. The van der Waals surface area contributed by atoms with E-state index in [-0.39, 0.29) is 18.6 Å². The van der Waals surface area contributed by atoms with Gasteiger partial charge in [0.1, 0.15) is 6.10 Å². The molecule has 78 valence electrons. The highest BCUT2D eigenvalue weighted by molar-refractivity contribution is 5.87. The van der Waals surface area contributed by atoms with Crippen molar-refractivity contribution >= 4 is 12.0 Å². The summed E-state index contributed by atoms with van der Waals surface area (Å²) in [6.45, 7) is 8.96. The van der Waals surface area contributed by atoms with Crippen LogP contribution in [-0.2, 0) is 14.3 Å². The fourth-order valence-electron chi connectivity index (χ4n) is 0.749. The first-order chi connectivity index (χ1) is 6.49. The summed E-state index contributed by atoms with van der Waals surface area (Å²) in [6, 6.07) is 0. The van der Waals surface area contributed by atoms with Crippen LogP contribution < -0.4 is 0 Å². The van der Waals surface area contributed by atoms with E-state index in [0.717, 1.165) is 0 Å². The minimum atomic E-state index is -0.454. The van der Waals surface area contributed by atoms with E-state index in [9.17, 15) is 9.59 Å². The van der Waals surface area contributed by atoms with Crippen molar-refractivity contribution in [3.8, 4) is 0 Å². The Kier molecular flexibility index (Phi) is 5.49. The number of isocyanates is 1. The fraction of sp³-hybridized carbons (Fsp3) is 0.600. The van der Waals surface area contributed by atoms with Gasteiger partial charge in [-0.15, -0.1) is 0 Å². The molecule has 0 spiro atoms. The van der Waals surface area contributed by atoms with Gasteiger partial charge >= 0.3 is 5.97 Å². The maximum absolute atomic E-state index is 11.2. The Balaban J connectivity index is 4.29. The van der Waals surface area contributed by atoms with Gasteiger partial charge in [-0.3, -0.25) is 0 Å². The highest BCUT2D eigenvalue weighted by atomic mass is 16.5. The van der Waals surface area contributed by atoms with Gasteiger partial charge in [0.2, 0.25) is 6.08 Å². The van der Waals surface area contributed by atoms with E-state index >= 15 is 0 Å². The SMILES string of the molecule is C=C(C)C(=O)OC(CN=C=O)C(C)C. The van der Waals surface area contributed by atoms with Gasteiger partial charge in [-0.25, -0.2) is 14.6 Å². The zero-order valence-electron chi connectivity index (χ0n) is 8.74. The second-order valence-electron chi connectivity index (χ2n) is 3.40. The molecule has 0 aromatic heterocycles. The topological polar surface area (TPSA) is 55.7 Å². The van der Waals surface area contributed by atoms with Crippen LogP contribution in [0.4, 0.5) is 0 Å². The van der Waals surface area contributed by atoms with E-state index in [4.69, 9.17) is 4.74 Å². The summed E-state index contributed by atoms with van der Waals surface area (Å²) in [5.41, 5.74) is 0.339. The molecule has 0 saturated carbocycles. The van der Waals surface area contributed by atoms with Gasteiger partial charge < -0.3 is 4.74 Å². The van der Waals surface area contributed by atoms with Crippen LogP contribution in [-0.4, -0.2) is 24.7 Å². The van der Waals surface area contributed by atoms with E-state index < -0.39 is 5.97 Å². The molecule has 0 rings (SSSR count). The van der Waals surface area contributed by atoms with Crippen molar-refractivity contribution in [2.45, 2.75) is 26.9 Å². The summed E-state index contributed by atoms with van der Waals surface area (Å²) in [4.78, 5) is 24.5. The third-order valence-electron chi connectivity index (χ3n) is 1.69. The molecule has 4 nitrogen and oxygen atoms in total. The lowest BCUT2D eigenvalue weighted by molar-refractivity contribution is -0.145. The van der Waals surface area contributed by atoms with E-state index in [0.29, 0.717) is 5.57 Å². The minimum absolute atomic E-state index is 0.107. The lowest BCUT2D eigenvalue weighted by atomic mass is 10.1. The zero-order chi connectivity index (χ0) is 11.1.